The lowest BCUT2D eigenvalue weighted by Gasteiger charge is -2.19. The monoisotopic (exact) mass is 208 g/mol. The van der Waals surface area contributed by atoms with Crippen molar-refractivity contribution < 1.29 is 9.59 Å². The molecule has 0 radical (unpaired) electrons. The number of primary amides is 2. The molecule has 1 rings (SSSR count). The average Bonchev–Trinajstić information content (AvgIpc) is 2.17. The van der Waals surface area contributed by atoms with Gasteiger partial charge in [-0.15, -0.1) is 0 Å². The minimum Gasteiger partial charge on any atom is -0.350 e. The molecule has 0 bridgehead atoms. The van der Waals surface area contributed by atoms with E-state index in [4.69, 9.17) is 11.5 Å². The lowest BCUT2D eigenvalue weighted by molar-refractivity contribution is 0.174. The molecule has 5 N–H and O–H groups in total. The number of nitrogens with one attached hydrogen (secondary N) is 1. The molecular formula is C9H12N4O2. The number of amides is 4. The molecule has 0 aromatic heterocycles. The number of urea groups is 2. The first kappa shape index (κ1) is 10.8. The molecule has 1 aromatic rings. The van der Waals surface area contributed by atoms with E-state index >= 15 is 0 Å². The van der Waals surface area contributed by atoms with Crippen molar-refractivity contribution in [2.75, 3.05) is 0 Å². The summed E-state index contributed by atoms with van der Waals surface area (Å²) in [6.07, 6.45) is 0. The zero-order chi connectivity index (χ0) is 11.3. The minimum absolute atomic E-state index is 0.180. The summed E-state index contributed by atoms with van der Waals surface area (Å²) in [4.78, 5) is 21.5. The summed E-state index contributed by atoms with van der Waals surface area (Å²) in [5.41, 5.74) is 12.9. The third-order valence-electron chi connectivity index (χ3n) is 1.69. The van der Waals surface area contributed by atoms with Crippen LogP contribution in [0, 0.1) is 0 Å². The zero-order valence-electron chi connectivity index (χ0n) is 8.01. The number of hydrazine groups is 1. The Hall–Kier alpha value is -2.24. The summed E-state index contributed by atoms with van der Waals surface area (Å²) in [5, 5.41) is 0.942. The predicted octanol–water partition coefficient (Wildman–Crippen LogP) is 0.151. The van der Waals surface area contributed by atoms with E-state index in [-0.39, 0.29) is 6.54 Å². The summed E-state index contributed by atoms with van der Waals surface area (Å²) in [5.74, 6) is 0. The molecule has 80 valence electrons. The average molecular weight is 208 g/mol. The SMILES string of the molecule is NC(=O)NN(Cc1ccccc1)C(N)=O. The standard InChI is InChI=1S/C9H12N4O2/c10-8(14)12-13(9(11)15)6-7-4-2-1-3-5-7/h1-5H,6H2,(H2,11,15)(H3,10,12,14). The van der Waals surface area contributed by atoms with E-state index in [9.17, 15) is 9.59 Å². The molecule has 0 spiro atoms. The Kier molecular flexibility index (Phi) is 3.50. The van der Waals surface area contributed by atoms with Crippen LogP contribution >= 0.6 is 0 Å². The van der Waals surface area contributed by atoms with Gasteiger partial charge in [-0.25, -0.2) is 20.0 Å². The van der Waals surface area contributed by atoms with E-state index in [0.29, 0.717) is 0 Å². The van der Waals surface area contributed by atoms with Crippen molar-refractivity contribution in [3.8, 4) is 0 Å². The number of hydrogen-bond donors (Lipinski definition) is 3. The van der Waals surface area contributed by atoms with Gasteiger partial charge in [-0.1, -0.05) is 30.3 Å². The van der Waals surface area contributed by atoms with Crippen molar-refractivity contribution in [1.29, 1.82) is 0 Å². The van der Waals surface area contributed by atoms with Crippen molar-refractivity contribution >= 4 is 12.1 Å². The molecule has 1 aromatic carbocycles. The van der Waals surface area contributed by atoms with Gasteiger partial charge in [0.05, 0.1) is 6.54 Å². The van der Waals surface area contributed by atoms with Gasteiger partial charge in [0.25, 0.3) is 0 Å². The Morgan fingerprint density at radius 1 is 1.20 bits per heavy atom. The second-order valence-electron chi connectivity index (χ2n) is 2.89. The molecule has 6 heteroatoms. The number of nitrogens with two attached hydrogens (primary N) is 2. The molecule has 15 heavy (non-hydrogen) atoms. The Bertz CT molecular complexity index is 352. The molecular weight excluding hydrogens is 196 g/mol. The van der Waals surface area contributed by atoms with E-state index in [1.807, 2.05) is 18.2 Å². The normalized spacial score (nSPS) is 9.33. The smallest absolute Gasteiger partial charge is 0.333 e. The zero-order valence-corrected chi connectivity index (χ0v) is 8.01. The van der Waals surface area contributed by atoms with Crippen LogP contribution < -0.4 is 16.9 Å². The number of hydrogen-bond acceptors (Lipinski definition) is 2. The molecule has 4 amide bonds. The van der Waals surface area contributed by atoms with Crippen molar-refractivity contribution in [3.05, 3.63) is 35.9 Å². The van der Waals surface area contributed by atoms with Gasteiger partial charge in [-0.2, -0.15) is 0 Å². The summed E-state index contributed by atoms with van der Waals surface area (Å²) in [6, 6.07) is 7.50. The molecule has 0 fully saturated rings. The van der Waals surface area contributed by atoms with Crippen LogP contribution in [0.25, 0.3) is 0 Å². The van der Waals surface area contributed by atoms with Crippen LogP contribution in [0.1, 0.15) is 5.56 Å². The van der Waals surface area contributed by atoms with E-state index in [2.05, 4.69) is 5.43 Å². The van der Waals surface area contributed by atoms with Crippen molar-refractivity contribution in [3.63, 3.8) is 0 Å². The fraction of sp³-hybridized carbons (Fsp3) is 0.111. The van der Waals surface area contributed by atoms with Gasteiger partial charge < -0.3 is 11.5 Å². The first-order valence-electron chi connectivity index (χ1n) is 4.26. The molecule has 0 saturated carbocycles. The van der Waals surface area contributed by atoms with E-state index in [0.717, 1.165) is 10.6 Å². The van der Waals surface area contributed by atoms with Gasteiger partial charge in [0.15, 0.2) is 0 Å². The van der Waals surface area contributed by atoms with Crippen LogP contribution in [-0.4, -0.2) is 17.1 Å². The highest BCUT2D eigenvalue weighted by Gasteiger charge is 2.11. The summed E-state index contributed by atoms with van der Waals surface area (Å²) in [7, 11) is 0. The Labute approximate surface area is 86.8 Å². The molecule has 0 aliphatic rings. The highest BCUT2D eigenvalue weighted by molar-refractivity contribution is 5.78. The third kappa shape index (κ3) is 3.55. The third-order valence-corrected chi connectivity index (χ3v) is 1.69. The van der Waals surface area contributed by atoms with Crippen molar-refractivity contribution in [2.45, 2.75) is 6.54 Å². The molecule has 0 atom stereocenters. The molecule has 6 nitrogen and oxygen atoms in total. The van der Waals surface area contributed by atoms with Gasteiger partial charge in [-0.05, 0) is 5.56 Å². The number of carbonyl (C=O) groups excluding carboxylic acids is 2. The molecule has 0 unspecified atom stereocenters. The van der Waals surface area contributed by atoms with Gasteiger partial charge >= 0.3 is 12.1 Å². The Balaban J connectivity index is 2.67. The number of nitrogens with zero attached hydrogens (tertiary/aromatic N) is 1. The molecule has 0 aliphatic heterocycles. The van der Waals surface area contributed by atoms with Gasteiger partial charge in [0, 0.05) is 0 Å². The molecule has 0 saturated heterocycles. The van der Waals surface area contributed by atoms with Crippen LogP contribution in [0.5, 0.6) is 0 Å². The summed E-state index contributed by atoms with van der Waals surface area (Å²) >= 11 is 0. The maximum atomic E-state index is 10.9. The van der Waals surface area contributed by atoms with Gasteiger partial charge in [-0.3, -0.25) is 0 Å². The van der Waals surface area contributed by atoms with Crippen molar-refractivity contribution in [2.24, 2.45) is 11.5 Å². The fourth-order valence-electron chi connectivity index (χ4n) is 1.07. The Morgan fingerprint density at radius 3 is 2.27 bits per heavy atom. The highest BCUT2D eigenvalue weighted by Crippen LogP contribution is 2.01. The predicted molar refractivity (Wildman–Crippen MR) is 54.3 cm³/mol. The first-order chi connectivity index (χ1) is 7.09. The second kappa shape index (κ2) is 4.85. The highest BCUT2D eigenvalue weighted by atomic mass is 16.2. The Morgan fingerprint density at radius 2 is 1.80 bits per heavy atom. The quantitative estimate of drug-likeness (QED) is 0.602. The maximum absolute atomic E-state index is 10.9. The fourth-order valence-corrected chi connectivity index (χ4v) is 1.07. The largest absolute Gasteiger partial charge is 0.350 e. The topological polar surface area (TPSA) is 101 Å². The molecule has 0 aliphatic carbocycles. The number of carbonyl (C=O) groups is 2. The minimum atomic E-state index is -0.829. The second-order valence-corrected chi connectivity index (χ2v) is 2.89. The lowest BCUT2D eigenvalue weighted by atomic mass is 10.2. The van der Waals surface area contributed by atoms with E-state index < -0.39 is 12.1 Å². The number of benzene rings is 1. The lowest BCUT2D eigenvalue weighted by Crippen LogP contribution is -2.50. The van der Waals surface area contributed by atoms with Crippen LogP contribution in [-0.2, 0) is 6.54 Å². The maximum Gasteiger partial charge on any atom is 0.333 e. The molecule has 0 heterocycles. The van der Waals surface area contributed by atoms with Crippen LogP contribution in [0.4, 0.5) is 9.59 Å². The van der Waals surface area contributed by atoms with Gasteiger partial charge in [0.1, 0.15) is 0 Å². The first-order valence-corrected chi connectivity index (χ1v) is 4.26. The van der Waals surface area contributed by atoms with Crippen LogP contribution in [0.15, 0.2) is 30.3 Å². The summed E-state index contributed by atoms with van der Waals surface area (Å²) < 4.78 is 0. The summed E-state index contributed by atoms with van der Waals surface area (Å²) in [6.45, 7) is 0.180. The number of rotatable bonds is 2. The van der Waals surface area contributed by atoms with Crippen LogP contribution in [0.2, 0.25) is 0 Å². The van der Waals surface area contributed by atoms with E-state index in [1.54, 1.807) is 12.1 Å². The van der Waals surface area contributed by atoms with Crippen molar-refractivity contribution in [1.82, 2.24) is 10.4 Å². The van der Waals surface area contributed by atoms with Crippen LogP contribution in [0.3, 0.4) is 0 Å². The van der Waals surface area contributed by atoms with E-state index in [1.165, 1.54) is 0 Å². The van der Waals surface area contributed by atoms with Gasteiger partial charge in [0.2, 0.25) is 0 Å².